The van der Waals surface area contributed by atoms with Gasteiger partial charge in [-0.05, 0) is 36.8 Å². The van der Waals surface area contributed by atoms with Gasteiger partial charge in [-0.15, -0.1) is 11.3 Å². The van der Waals surface area contributed by atoms with Gasteiger partial charge < -0.3 is 14.8 Å². The summed E-state index contributed by atoms with van der Waals surface area (Å²) in [5, 5.41) is 5.35. The highest BCUT2D eigenvalue weighted by molar-refractivity contribution is 7.15. The minimum atomic E-state index is -0.496. The molecule has 1 heterocycles. The number of anilines is 1. The van der Waals surface area contributed by atoms with Gasteiger partial charge >= 0.3 is 5.97 Å². The molecule has 0 radical (unpaired) electrons. The monoisotopic (exact) mass is 415 g/mol. The highest BCUT2D eigenvalue weighted by Gasteiger charge is 2.23. The van der Waals surface area contributed by atoms with Gasteiger partial charge in [-0.1, -0.05) is 35.9 Å². The van der Waals surface area contributed by atoms with Crippen LogP contribution in [0.1, 0.15) is 27.6 Å². The fraction of sp³-hybridized carbons (Fsp3) is 0.143. The number of carbonyl (C=O) groups excluding carboxylic acids is 2. The van der Waals surface area contributed by atoms with E-state index < -0.39 is 5.97 Å². The number of halogens is 1. The van der Waals surface area contributed by atoms with Crippen molar-refractivity contribution < 1.29 is 19.1 Å². The normalized spacial score (nSPS) is 10.4. The van der Waals surface area contributed by atoms with Crippen LogP contribution in [0.3, 0.4) is 0 Å². The summed E-state index contributed by atoms with van der Waals surface area (Å²) in [6.45, 7) is 1.97. The standard InChI is InChI=1S/C21H18ClNO4S/c1-3-27-21(25)18-16(13-8-10-14(26-2)11-9-13)12-28-20(18)23-19(24)15-6-4-5-7-17(15)22/h4-12H,3H2,1-2H3,(H,23,24). The van der Waals surface area contributed by atoms with Crippen molar-refractivity contribution in [2.24, 2.45) is 0 Å². The third kappa shape index (κ3) is 4.18. The summed E-state index contributed by atoms with van der Waals surface area (Å²) < 4.78 is 10.4. The Labute approximate surface area is 171 Å². The third-order valence-electron chi connectivity index (χ3n) is 4.02. The van der Waals surface area contributed by atoms with Crippen LogP contribution in [-0.4, -0.2) is 25.6 Å². The molecule has 5 nitrogen and oxygen atoms in total. The minimum Gasteiger partial charge on any atom is -0.497 e. The summed E-state index contributed by atoms with van der Waals surface area (Å²) in [5.41, 5.74) is 2.15. The molecule has 0 spiro atoms. The minimum absolute atomic E-state index is 0.231. The molecule has 1 N–H and O–H groups in total. The van der Waals surface area contributed by atoms with Crippen LogP contribution < -0.4 is 10.1 Å². The van der Waals surface area contributed by atoms with Crippen LogP contribution in [0.2, 0.25) is 5.02 Å². The van der Waals surface area contributed by atoms with E-state index in [0.717, 1.165) is 5.56 Å². The second-order valence-corrected chi connectivity index (χ2v) is 7.02. The first kappa shape index (κ1) is 19.9. The predicted molar refractivity (Wildman–Crippen MR) is 112 cm³/mol. The van der Waals surface area contributed by atoms with Crippen LogP contribution in [0.5, 0.6) is 5.75 Å². The van der Waals surface area contributed by atoms with Crippen LogP contribution in [0.4, 0.5) is 5.00 Å². The quantitative estimate of drug-likeness (QED) is 0.539. The van der Waals surface area contributed by atoms with Crippen molar-refractivity contribution in [1.82, 2.24) is 0 Å². The highest BCUT2D eigenvalue weighted by atomic mass is 35.5. The first-order valence-electron chi connectivity index (χ1n) is 8.54. The Morgan fingerprint density at radius 2 is 1.82 bits per heavy atom. The van der Waals surface area contributed by atoms with Crippen molar-refractivity contribution in [3.8, 4) is 16.9 Å². The van der Waals surface area contributed by atoms with E-state index in [1.54, 1.807) is 38.3 Å². The number of hydrogen-bond donors (Lipinski definition) is 1. The molecule has 2 aromatic carbocycles. The van der Waals surface area contributed by atoms with Gasteiger partial charge in [0.25, 0.3) is 5.91 Å². The number of rotatable bonds is 6. The van der Waals surface area contributed by atoms with Gasteiger partial charge in [0, 0.05) is 10.9 Å². The van der Waals surface area contributed by atoms with E-state index in [1.807, 2.05) is 29.6 Å². The van der Waals surface area contributed by atoms with E-state index in [2.05, 4.69) is 5.32 Å². The lowest BCUT2D eigenvalue weighted by molar-refractivity contribution is 0.0529. The maximum Gasteiger partial charge on any atom is 0.341 e. The summed E-state index contributed by atoms with van der Waals surface area (Å²) >= 11 is 7.36. The number of hydrogen-bond acceptors (Lipinski definition) is 5. The molecular weight excluding hydrogens is 398 g/mol. The summed E-state index contributed by atoms with van der Waals surface area (Å²) in [7, 11) is 1.59. The average Bonchev–Trinajstić information content (AvgIpc) is 3.12. The van der Waals surface area contributed by atoms with E-state index in [4.69, 9.17) is 21.1 Å². The van der Waals surface area contributed by atoms with Gasteiger partial charge in [-0.25, -0.2) is 4.79 Å². The Bertz CT molecular complexity index is 998. The summed E-state index contributed by atoms with van der Waals surface area (Å²) in [4.78, 5) is 25.3. The average molecular weight is 416 g/mol. The van der Waals surface area contributed by atoms with E-state index in [1.165, 1.54) is 11.3 Å². The molecule has 28 heavy (non-hydrogen) atoms. The molecule has 0 saturated carbocycles. The molecule has 0 fully saturated rings. The second-order valence-electron chi connectivity index (χ2n) is 5.74. The lowest BCUT2D eigenvalue weighted by atomic mass is 10.0. The topological polar surface area (TPSA) is 64.6 Å². The number of esters is 1. The van der Waals surface area contributed by atoms with Gasteiger partial charge in [-0.2, -0.15) is 0 Å². The fourth-order valence-electron chi connectivity index (χ4n) is 2.65. The van der Waals surface area contributed by atoms with Gasteiger partial charge in [0.2, 0.25) is 0 Å². The van der Waals surface area contributed by atoms with Gasteiger partial charge in [0.05, 0.1) is 24.3 Å². The lowest BCUT2D eigenvalue weighted by Gasteiger charge is -2.10. The van der Waals surface area contributed by atoms with Crippen molar-refractivity contribution in [3.05, 3.63) is 70.1 Å². The van der Waals surface area contributed by atoms with Crippen LogP contribution in [0.15, 0.2) is 53.9 Å². The number of benzene rings is 2. The van der Waals surface area contributed by atoms with Gasteiger partial charge in [-0.3, -0.25) is 4.79 Å². The Hall–Kier alpha value is -2.83. The summed E-state index contributed by atoms with van der Waals surface area (Å²) in [5.74, 6) is -0.174. The maximum atomic E-state index is 12.6. The summed E-state index contributed by atoms with van der Waals surface area (Å²) in [6, 6.07) is 14.1. The molecule has 0 atom stereocenters. The largest absolute Gasteiger partial charge is 0.497 e. The molecular formula is C21H18ClNO4S. The van der Waals surface area contributed by atoms with Crippen molar-refractivity contribution in [2.75, 3.05) is 19.0 Å². The van der Waals surface area contributed by atoms with Gasteiger partial charge in [0.15, 0.2) is 0 Å². The van der Waals surface area contributed by atoms with E-state index >= 15 is 0 Å². The number of nitrogens with one attached hydrogen (secondary N) is 1. The zero-order valence-electron chi connectivity index (χ0n) is 15.3. The molecule has 0 saturated heterocycles. The highest BCUT2D eigenvalue weighted by Crippen LogP contribution is 2.37. The molecule has 0 aliphatic heterocycles. The number of amides is 1. The molecule has 144 valence electrons. The van der Waals surface area contributed by atoms with E-state index in [9.17, 15) is 9.59 Å². The Morgan fingerprint density at radius 3 is 2.46 bits per heavy atom. The van der Waals surface area contributed by atoms with Crippen molar-refractivity contribution in [2.45, 2.75) is 6.92 Å². The molecule has 1 amide bonds. The van der Waals surface area contributed by atoms with Crippen LogP contribution in [0.25, 0.3) is 11.1 Å². The van der Waals surface area contributed by atoms with Gasteiger partial charge in [0.1, 0.15) is 16.3 Å². The number of ether oxygens (including phenoxy) is 2. The zero-order chi connectivity index (χ0) is 20.1. The van der Waals surface area contributed by atoms with E-state index in [-0.39, 0.29) is 12.5 Å². The molecule has 7 heteroatoms. The van der Waals surface area contributed by atoms with Crippen LogP contribution in [0, 0.1) is 0 Å². The number of carbonyl (C=O) groups is 2. The zero-order valence-corrected chi connectivity index (χ0v) is 16.9. The van der Waals surface area contributed by atoms with Crippen molar-refractivity contribution >= 4 is 39.8 Å². The van der Waals surface area contributed by atoms with E-state index in [0.29, 0.717) is 32.5 Å². The lowest BCUT2D eigenvalue weighted by Crippen LogP contribution is -2.15. The summed E-state index contributed by atoms with van der Waals surface area (Å²) in [6.07, 6.45) is 0. The van der Waals surface area contributed by atoms with Crippen molar-refractivity contribution in [3.63, 3.8) is 0 Å². The Balaban J connectivity index is 1.99. The SMILES string of the molecule is CCOC(=O)c1c(-c2ccc(OC)cc2)csc1NC(=O)c1ccccc1Cl. The number of methoxy groups -OCH3 is 1. The molecule has 0 unspecified atom stereocenters. The van der Waals surface area contributed by atoms with Crippen molar-refractivity contribution in [1.29, 1.82) is 0 Å². The first-order chi connectivity index (χ1) is 13.5. The molecule has 0 aliphatic rings. The molecule has 1 aromatic heterocycles. The fourth-order valence-corrected chi connectivity index (χ4v) is 3.83. The Morgan fingerprint density at radius 1 is 1.11 bits per heavy atom. The first-order valence-corrected chi connectivity index (χ1v) is 9.79. The van der Waals surface area contributed by atoms with Crippen LogP contribution >= 0.6 is 22.9 Å². The molecule has 0 bridgehead atoms. The smallest absolute Gasteiger partial charge is 0.341 e. The molecule has 3 rings (SSSR count). The third-order valence-corrected chi connectivity index (χ3v) is 5.24. The molecule has 3 aromatic rings. The second kappa shape index (κ2) is 8.91. The maximum absolute atomic E-state index is 12.6. The number of thiophene rings is 1. The van der Waals surface area contributed by atoms with Crippen LogP contribution in [-0.2, 0) is 4.74 Å². The predicted octanol–water partition coefficient (Wildman–Crippen LogP) is 5.51. The Kier molecular flexibility index (Phi) is 6.34. The molecule has 0 aliphatic carbocycles.